The molecule has 0 amide bonds. The highest BCUT2D eigenvalue weighted by molar-refractivity contribution is 4.85. The predicted molar refractivity (Wildman–Crippen MR) is 73.4 cm³/mol. The van der Waals surface area contributed by atoms with Crippen LogP contribution in [0, 0.1) is 5.92 Å². The van der Waals surface area contributed by atoms with E-state index < -0.39 is 0 Å². The molecule has 1 aliphatic rings. The van der Waals surface area contributed by atoms with Gasteiger partial charge in [-0.05, 0) is 59.2 Å². The minimum atomic E-state index is -0.0871. The van der Waals surface area contributed by atoms with Gasteiger partial charge >= 0.3 is 0 Å². The van der Waals surface area contributed by atoms with Crippen LogP contribution in [0.15, 0.2) is 0 Å². The van der Waals surface area contributed by atoms with Gasteiger partial charge in [-0.3, -0.25) is 0 Å². The first-order valence-corrected chi connectivity index (χ1v) is 6.94. The van der Waals surface area contributed by atoms with Gasteiger partial charge in [0.05, 0.1) is 5.60 Å². The van der Waals surface area contributed by atoms with Gasteiger partial charge in [0.15, 0.2) is 0 Å². The Kier molecular flexibility index (Phi) is 5.90. The van der Waals surface area contributed by atoms with E-state index in [4.69, 9.17) is 4.74 Å². The zero-order valence-electron chi connectivity index (χ0n) is 12.3. The van der Waals surface area contributed by atoms with Gasteiger partial charge in [-0.2, -0.15) is 0 Å². The lowest BCUT2D eigenvalue weighted by Crippen LogP contribution is -2.48. The third kappa shape index (κ3) is 4.57. The van der Waals surface area contributed by atoms with Crippen LogP contribution in [-0.2, 0) is 4.74 Å². The van der Waals surface area contributed by atoms with Gasteiger partial charge in [-0.15, -0.1) is 0 Å². The maximum Gasteiger partial charge on any atom is 0.0775 e. The van der Waals surface area contributed by atoms with Gasteiger partial charge in [-0.25, -0.2) is 0 Å². The second-order valence-corrected chi connectivity index (χ2v) is 5.99. The largest absolute Gasteiger partial charge is 0.377 e. The van der Waals surface area contributed by atoms with Crippen molar-refractivity contribution in [3.05, 3.63) is 0 Å². The van der Waals surface area contributed by atoms with E-state index in [0.29, 0.717) is 6.04 Å². The quantitative estimate of drug-likeness (QED) is 0.772. The molecule has 1 heterocycles. The van der Waals surface area contributed by atoms with Crippen LogP contribution in [0.1, 0.15) is 40.0 Å². The number of rotatable bonds is 6. The number of methoxy groups -OCH3 is 1. The third-order valence-electron chi connectivity index (χ3n) is 4.19. The molecule has 0 aromatic rings. The third-order valence-corrected chi connectivity index (χ3v) is 4.19. The highest BCUT2D eigenvalue weighted by Gasteiger charge is 2.28. The van der Waals surface area contributed by atoms with Gasteiger partial charge in [0.25, 0.3) is 0 Å². The molecule has 1 aliphatic heterocycles. The molecule has 17 heavy (non-hydrogen) atoms. The van der Waals surface area contributed by atoms with Gasteiger partial charge in [-0.1, -0.05) is 6.92 Å². The van der Waals surface area contributed by atoms with Crippen LogP contribution in [0.4, 0.5) is 0 Å². The molecule has 0 spiro atoms. The van der Waals surface area contributed by atoms with E-state index in [2.05, 4.69) is 31.0 Å². The second-order valence-electron chi connectivity index (χ2n) is 5.99. The molecule has 3 heteroatoms. The number of likely N-dealkylation sites (N-methyl/N-ethyl adjacent to an activating group) is 1. The topological polar surface area (TPSA) is 24.5 Å². The number of nitrogens with one attached hydrogen (secondary N) is 1. The maximum atomic E-state index is 5.57. The molecule has 1 saturated heterocycles. The molecule has 0 radical (unpaired) electrons. The molecule has 2 atom stereocenters. The van der Waals surface area contributed by atoms with Crippen LogP contribution in [0.3, 0.4) is 0 Å². The normalized spacial score (nSPS) is 24.9. The van der Waals surface area contributed by atoms with Crippen molar-refractivity contribution in [1.82, 2.24) is 10.2 Å². The molecule has 3 nitrogen and oxygen atoms in total. The Bertz CT molecular complexity index is 218. The van der Waals surface area contributed by atoms with Crippen molar-refractivity contribution in [2.75, 3.05) is 33.8 Å². The van der Waals surface area contributed by atoms with Crippen LogP contribution in [0.25, 0.3) is 0 Å². The van der Waals surface area contributed by atoms with E-state index >= 15 is 0 Å². The minimum Gasteiger partial charge on any atom is -0.377 e. The fourth-order valence-corrected chi connectivity index (χ4v) is 2.78. The summed E-state index contributed by atoms with van der Waals surface area (Å²) in [4.78, 5) is 2.60. The second kappa shape index (κ2) is 6.72. The van der Waals surface area contributed by atoms with E-state index in [1.807, 2.05) is 7.05 Å². The van der Waals surface area contributed by atoms with Crippen molar-refractivity contribution in [3.8, 4) is 0 Å². The van der Waals surface area contributed by atoms with E-state index in [0.717, 1.165) is 12.3 Å². The summed E-state index contributed by atoms with van der Waals surface area (Å²) in [6, 6.07) is 0.421. The zero-order valence-corrected chi connectivity index (χ0v) is 12.3. The Morgan fingerprint density at radius 2 is 2.18 bits per heavy atom. The smallest absolute Gasteiger partial charge is 0.0775 e. The monoisotopic (exact) mass is 242 g/mol. The van der Waals surface area contributed by atoms with Gasteiger partial charge in [0.2, 0.25) is 0 Å². The number of hydrogen-bond donors (Lipinski definition) is 1. The SMILES string of the molecule is CNC(CCN1CCCC(C)C1)C(C)(C)OC. The average Bonchev–Trinajstić information content (AvgIpc) is 2.29. The van der Waals surface area contributed by atoms with Crippen LogP contribution >= 0.6 is 0 Å². The Morgan fingerprint density at radius 3 is 2.71 bits per heavy atom. The molecule has 0 saturated carbocycles. The van der Waals surface area contributed by atoms with E-state index in [9.17, 15) is 0 Å². The molecule has 0 aromatic carbocycles. The molecule has 2 unspecified atom stereocenters. The van der Waals surface area contributed by atoms with Crippen LogP contribution < -0.4 is 5.32 Å². The van der Waals surface area contributed by atoms with E-state index in [1.54, 1.807) is 7.11 Å². The first kappa shape index (κ1) is 14.9. The fourth-order valence-electron chi connectivity index (χ4n) is 2.78. The van der Waals surface area contributed by atoms with Gasteiger partial charge < -0.3 is 15.0 Å². The Labute approximate surface area is 107 Å². The first-order chi connectivity index (χ1) is 7.99. The number of ether oxygens (including phenoxy) is 1. The molecule has 0 aliphatic carbocycles. The summed E-state index contributed by atoms with van der Waals surface area (Å²) in [5, 5.41) is 3.39. The molecule has 0 aromatic heterocycles. The van der Waals surface area contributed by atoms with Gasteiger partial charge in [0.1, 0.15) is 0 Å². The highest BCUT2D eigenvalue weighted by Crippen LogP contribution is 2.19. The van der Waals surface area contributed by atoms with Crippen LogP contribution in [0.2, 0.25) is 0 Å². The minimum absolute atomic E-state index is 0.0871. The number of likely N-dealkylation sites (tertiary alicyclic amines) is 1. The Morgan fingerprint density at radius 1 is 1.47 bits per heavy atom. The van der Waals surface area contributed by atoms with Crippen LogP contribution in [0.5, 0.6) is 0 Å². The molecule has 1 rings (SSSR count). The fraction of sp³-hybridized carbons (Fsp3) is 1.00. The molecule has 1 N–H and O–H groups in total. The summed E-state index contributed by atoms with van der Waals surface area (Å²) in [7, 11) is 3.83. The Hall–Kier alpha value is -0.120. The summed E-state index contributed by atoms with van der Waals surface area (Å²) < 4.78 is 5.57. The lowest BCUT2D eigenvalue weighted by Gasteiger charge is -2.36. The summed E-state index contributed by atoms with van der Waals surface area (Å²) in [6.07, 6.45) is 3.92. The zero-order chi connectivity index (χ0) is 12.9. The van der Waals surface area contributed by atoms with Crippen LogP contribution in [-0.4, -0.2) is 50.3 Å². The lowest BCUT2D eigenvalue weighted by atomic mass is 9.94. The average molecular weight is 242 g/mol. The number of piperidine rings is 1. The van der Waals surface area contributed by atoms with Crippen molar-refractivity contribution in [2.45, 2.75) is 51.7 Å². The Balaban J connectivity index is 2.37. The number of hydrogen-bond acceptors (Lipinski definition) is 3. The maximum absolute atomic E-state index is 5.57. The molecule has 1 fully saturated rings. The first-order valence-electron chi connectivity index (χ1n) is 6.94. The standard InChI is InChI=1S/C14H30N2O/c1-12-7-6-9-16(11-12)10-8-13(15-4)14(2,3)17-5/h12-13,15H,6-11H2,1-5H3. The van der Waals surface area contributed by atoms with Crippen molar-refractivity contribution in [2.24, 2.45) is 5.92 Å². The van der Waals surface area contributed by atoms with E-state index in [-0.39, 0.29) is 5.60 Å². The van der Waals surface area contributed by atoms with Crippen molar-refractivity contribution >= 4 is 0 Å². The summed E-state index contributed by atoms with van der Waals surface area (Å²) in [5.41, 5.74) is -0.0871. The summed E-state index contributed by atoms with van der Waals surface area (Å²) >= 11 is 0. The summed E-state index contributed by atoms with van der Waals surface area (Å²) in [5.74, 6) is 0.868. The predicted octanol–water partition coefficient (Wildman–Crippen LogP) is 2.12. The number of nitrogens with zero attached hydrogens (tertiary/aromatic N) is 1. The van der Waals surface area contributed by atoms with Crippen molar-refractivity contribution in [1.29, 1.82) is 0 Å². The van der Waals surface area contributed by atoms with Gasteiger partial charge in [0, 0.05) is 19.7 Å². The van der Waals surface area contributed by atoms with Crippen molar-refractivity contribution in [3.63, 3.8) is 0 Å². The molecule has 102 valence electrons. The summed E-state index contributed by atoms with van der Waals surface area (Å²) in [6.45, 7) is 10.4. The van der Waals surface area contributed by atoms with E-state index in [1.165, 1.54) is 32.5 Å². The molecular formula is C14H30N2O. The van der Waals surface area contributed by atoms with Crippen molar-refractivity contribution < 1.29 is 4.74 Å². The molecule has 0 bridgehead atoms. The molecular weight excluding hydrogens is 212 g/mol. The lowest BCUT2D eigenvalue weighted by molar-refractivity contribution is -0.0136. The highest BCUT2D eigenvalue weighted by atomic mass is 16.5.